The number of nitrogens with zero attached hydrogens (tertiary/aromatic N) is 3. The second kappa shape index (κ2) is 9.51. The minimum atomic E-state index is -0.510. The van der Waals surface area contributed by atoms with E-state index in [1.807, 2.05) is 11.8 Å². The van der Waals surface area contributed by atoms with E-state index in [-0.39, 0.29) is 24.8 Å². The topological polar surface area (TPSA) is 108 Å². The first kappa shape index (κ1) is 20.8. The summed E-state index contributed by atoms with van der Waals surface area (Å²) < 4.78 is 1.43. The van der Waals surface area contributed by atoms with Crippen molar-refractivity contribution in [2.75, 3.05) is 39.3 Å². The van der Waals surface area contributed by atoms with Crippen molar-refractivity contribution in [1.29, 1.82) is 0 Å². The van der Waals surface area contributed by atoms with E-state index in [0.29, 0.717) is 50.2 Å². The molecule has 2 aromatic rings. The van der Waals surface area contributed by atoms with Gasteiger partial charge in [-0.1, -0.05) is 19.1 Å². The van der Waals surface area contributed by atoms with Crippen molar-refractivity contribution >= 4 is 22.7 Å². The maximum absolute atomic E-state index is 12.6. The number of para-hydroxylation sites is 1. The Balaban J connectivity index is 1.55. The van der Waals surface area contributed by atoms with Gasteiger partial charge in [-0.15, -0.1) is 0 Å². The molecule has 1 aliphatic rings. The van der Waals surface area contributed by atoms with E-state index in [2.05, 4.69) is 10.3 Å². The van der Waals surface area contributed by atoms with Crippen molar-refractivity contribution in [2.24, 2.45) is 0 Å². The Morgan fingerprint density at radius 3 is 2.55 bits per heavy atom. The summed E-state index contributed by atoms with van der Waals surface area (Å²) >= 11 is 0. The summed E-state index contributed by atoms with van der Waals surface area (Å²) in [6.45, 7) is 5.64. The number of benzene rings is 1. The standard InChI is InChI=1S/C20H27N5O4/c1-2-8-21-17(26)14-23-10-12-24(13-11-23)18(27)7-9-25-16-6-4-3-5-15(16)19(28)22-20(25)29/h3-6H,2,7-14H2,1H3,(H,21,26)(H,22,28,29). The van der Waals surface area contributed by atoms with Crippen molar-refractivity contribution in [3.05, 3.63) is 45.1 Å². The second-order valence-corrected chi connectivity index (χ2v) is 7.18. The molecule has 156 valence electrons. The highest BCUT2D eigenvalue weighted by Gasteiger charge is 2.22. The predicted molar refractivity (Wildman–Crippen MR) is 110 cm³/mol. The van der Waals surface area contributed by atoms with Crippen LogP contribution in [-0.4, -0.2) is 70.4 Å². The predicted octanol–water partition coefficient (Wildman–Crippen LogP) is -0.250. The molecule has 3 rings (SSSR count). The van der Waals surface area contributed by atoms with Crippen LogP contribution in [0, 0.1) is 0 Å². The number of H-pyrrole nitrogens is 1. The van der Waals surface area contributed by atoms with Crippen molar-refractivity contribution in [3.63, 3.8) is 0 Å². The number of piperazine rings is 1. The van der Waals surface area contributed by atoms with Gasteiger partial charge in [-0.3, -0.25) is 28.8 Å². The van der Waals surface area contributed by atoms with Gasteiger partial charge >= 0.3 is 5.69 Å². The van der Waals surface area contributed by atoms with Gasteiger partial charge in [-0.05, 0) is 18.6 Å². The third kappa shape index (κ3) is 5.11. The molecule has 1 fully saturated rings. The van der Waals surface area contributed by atoms with Gasteiger partial charge in [-0.2, -0.15) is 0 Å². The van der Waals surface area contributed by atoms with Crippen LogP contribution in [0.2, 0.25) is 0 Å². The summed E-state index contributed by atoms with van der Waals surface area (Å²) in [6, 6.07) is 6.86. The molecule has 0 atom stereocenters. The summed E-state index contributed by atoms with van der Waals surface area (Å²) in [5.41, 5.74) is -0.409. The third-order valence-electron chi connectivity index (χ3n) is 5.12. The van der Waals surface area contributed by atoms with Gasteiger partial charge in [0.25, 0.3) is 5.56 Å². The highest BCUT2D eigenvalue weighted by Crippen LogP contribution is 2.09. The molecule has 29 heavy (non-hydrogen) atoms. The van der Waals surface area contributed by atoms with Crippen LogP contribution in [0.4, 0.5) is 0 Å². The fraction of sp³-hybridized carbons (Fsp3) is 0.500. The van der Waals surface area contributed by atoms with Crippen molar-refractivity contribution < 1.29 is 9.59 Å². The lowest BCUT2D eigenvalue weighted by atomic mass is 10.2. The fourth-order valence-corrected chi connectivity index (χ4v) is 3.51. The van der Waals surface area contributed by atoms with E-state index in [1.165, 1.54) is 4.57 Å². The summed E-state index contributed by atoms with van der Waals surface area (Å²) in [6.07, 6.45) is 1.08. The number of fused-ring (bicyclic) bond motifs is 1. The largest absolute Gasteiger partial charge is 0.355 e. The van der Waals surface area contributed by atoms with Gasteiger partial charge in [0, 0.05) is 45.7 Å². The van der Waals surface area contributed by atoms with E-state index in [4.69, 9.17) is 0 Å². The molecule has 0 radical (unpaired) electrons. The number of aromatic amines is 1. The van der Waals surface area contributed by atoms with Crippen LogP contribution < -0.4 is 16.6 Å². The zero-order valence-electron chi connectivity index (χ0n) is 16.6. The number of rotatable bonds is 7. The molecule has 9 nitrogen and oxygen atoms in total. The molecule has 0 bridgehead atoms. The van der Waals surface area contributed by atoms with Crippen LogP contribution in [0.1, 0.15) is 19.8 Å². The molecule has 9 heteroatoms. The molecule has 1 aromatic heterocycles. The highest BCUT2D eigenvalue weighted by molar-refractivity contribution is 5.79. The van der Waals surface area contributed by atoms with Crippen LogP contribution in [0.15, 0.2) is 33.9 Å². The Morgan fingerprint density at radius 2 is 1.83 bits per heavy atom. The van der Waals surface area contributed by atoms with Gasteiger partial charge in [0.05, 0.1) is 17.4 Å². The molecule has 1 aliphatic heterocycles. The Kier molecular flexibility index (Phi) is 6.82. The number of carbonyl (C=O) groups is 2. The SMILES string of the molecule is CCCNC(=O)CN1CCN(C(=O)CCn2c(=O)[nH]c(=O)c3ccccc32)CC1. The van der Waals surface area contributed by atoms with Gasteiger partial charge in [0.1, 0.15) is 0 Å². The van der Waals surface area contributed by atoms with E-state index < -0.39 is 11.2 Å². The summed E-state index contributed by atoms with van der Waals surface area (Å²) in [5, 5.41) is 3.28. The number of aryl methyl sites for hydroxylation is 1. The number of hydrogen-bond acceptors (Lipinski definition) is 5. The molecule has 0 unspecified atom stereocenters. The van der Waals surface area contributed by atoms with E-state index in [9.17, 15) is 19.2 Å². The number of aromatic nitrogens is 2. The molecule has 0 saturated carbocycles. The minimum absolute atomic E-state index is 0.0101. The van der Waals surface area contributed by atoms with Crippen LogP contribution in [0.5, 0.6) is 0 Å². The van der Waals surface area contributed by atoms with Gasteiger partial charge in [-0.25, -0.2) is 4.79 Å². The summed E-state index contributed by atoms with van der Waals surface area (Å²) in [4.78, 5) is 54.6. The quantitative estimate of drug-likeness (QED) is 0.665. The zero-order valence-corrected chi connectivity index (χ0v) is 16.6. The van der Waals surface area contributed by atoms with Crippen LogP contribution in [-0.2, 0) is 16.1 Å². The smallest absolute Gasteiger partial charge is 0.328 e. The van der Waals surface area contributed by atoms with Crippen LogP contribution in [0.25, 0.3) is 10.9 Å². The van der Waals surface area contributed by atoms with E-state index in [1.54, 1.807) is 29.2 Å². The maximum Gasteiger partial charge on any atom is 0.328 e. The first-order valence-electron chi connectivity index (χ1n) is 9.98. The Bertz CT molecular complexity index is 988. The Morgan fingerprint density at radius 1 is 1.10 bits per heavy atom. The fourth-order valence-electron chi connectivity index (χ4n) is 3.51. The average Bonchev–Trinajstić information content (AvgIpc) is 2.72. The first-order chi connectivity index (χ1) is 14.0. The minimum Gasteiger partial charge on any atom is -0.355 e. The average molecular weight is 401 g/mol. The van der Waals surface area contributed by atoms with Gasteiger partial charge in [0.15, 0.2) is 0 Å². The maximum atomic E-state index is 12.6. The number of hydrogen-bond donors (Lipinski definition) is 2. The summed E-state index contributed by atoms with van der Waals surface area (Å²) in [5.74, 6) is -0.0294. The Labute approximate surface area is 168 Å². The van der Waals surface area contributed by atoms with Crippen LogP contribution in [0.3, 0.4) is 0 Å². The van der Waals surface area contributed by atoms with Crippen molar-refractivity contribution in [1.82, 2.24) is 24.7 Å². The monoisotopic (exact) mass is 401 g/mol. The third-order valence-corrected chi connectivity index (χ3v) is 5.12. The second-order valence-electron chi connectivity index (χ2n) is 7.18. The molecule has 1 saturated heterocycles. The molecule has 2 amide bonds. The van der Waals surface area contributed by atoms with Crippen molar-refractivity contribution in [2.45, 2.75) is 26.3 Å². The Hall–Kier alpha value is -2.94. The number of amides is 2. The molecular formula is C20H27N5O4. The zero-order chi connectivity index (χ0) is 20.8. The molecule has 2 heterocycles. The highest BCUT2D eigenvalue weighted by atomic mass is 16.2. The lowest BCUT2D eigenvalue weighted by Crippen LogP contribution is -2.51. The first-order valence-corrected chi connectivity index (χ1v) is 9.98. The lowest BCUT2D eigenvalue weighted by Gasteiger charge is -2.34. The van der Waals surface area contributed by atoms with Gasteiger partial charge < -0.3 is 10.2 Å². The van der Waals surface area contributed by atoms with E-state index >= 15 is 0 Å². The normalized spacial score (nSPS) is 14.9. The molecule has 2 N–H and O–H groups in total. The molecular weight excluding hydrogens is 374 g/mol. The number of carbonyl (C=O) groups excluding carboxylic acids is 2. The summed E-state index contributed by atoms with van der Waals surface area (Å²) in [7, 11) is 0. The van der Waals surface area contributed by atoms with E-state index in [0.717, 1.165) is 6.42 Å². The number of nitrogens with one attached hydrogen (secondary N) is 2. The molecule has 1 aromatic carbocycles. The molecule has 0 spiro atoms. The van der Waals surface area contributed by atoms with Gasteiger partial charge in [0.2, 0.25) is 11.8 Å². The van der Waals surface area contributed by atoms with Crippen molar-refractivity contribution in [3.8, 4) is 0 Å². The molecule has 0 aliphatic carbocycles. The lowest BCUT2D eigenvalue weighted by molar-refractivity contribution is -0.133. The van der Waals surface area contributed by atoms with Crippen LogP contribution >= 0.6 is 0 Å².